The minimum Gasteiger partial charge on any atom is -0.379 e. The summed E-state index contributed by atoms with van der Waals surface area (Å²) in [7, 11) is 0. The maximum absolute atomic E-state index is 12.1. The molecule has 0 radical (unpaired) electrons. The fourth-order valence-corrected chi connectivity index (χ4v) is 2.29. The number of benzene rings is 1. The fourth-order valence-electron chi connectivity index (χ4n) is 2.29. The molecular formula is C16H22N2O3. The number of hydrogen-bond donors (Lipinski definition) is 1. The predicted molar refractivity (Wildman–Crippen MR) is 79.9 cm³/mol. The molecule has 5 heteroatoms. The smallest absolute Gasteiger partial charge is 0.254 e. The van der Waals surface area contributed by atoms with Gasteiger partial charge in [0.25, 0.3) is 5.91 Å². The summed E-state index contributed by atoms with van der Waals surface area (Å²) in [4.78, 5) is 25.5. The Bertz CT molecular complexity index is 514. The van der Waals surface area contributed by atoms with Crippen molar-refractivity contribution >= 4 is 11.8 Å². The van der Waals surface area contributed by atoms with Crippen molar-refractivity contribution in [1.29, 1.82) is 0 Å². The molecule has 0 fully saturated rings. The highest BCUT2D eigenvalue weighted by Gasteiger charge is 2.27. The van der Waals surface area contributed by atoms with Gasteiger partial charge in [0, 0.05) is 25.3 Å². The maximum atomic E-state index is 12.1. The van der Waals surface area contributed by atoms with E-state index in [2.05, 4.69) is 5.32 Å². The quantitative estimate of drug-likeness (QED) is 0.776. The van der Waals surface area contributed by atoms with Gasteiger partial charge in [-0.2, -0.15) is 0 Å². The van der Waals surface area contributed by atoms with Gasteiger partial charge in [0.15, 0.2) is 0 Å². The third-order valence-corrected chi connectivity index (χ3v) is 3.33. The number of rotatable bonds is 7. The molecule has 1 aromatic carbocycles. The van der Waals surface area contributed by atoms with E-state index in [4.69, 9.17) is 4.74 Å². The largest absolute Gasteiger partial charge is 0.379 e. The van der Waals surface area contributed by atoms with Crippen LogP contribution in [0.4, 0.5) is 0 Å². The van der Waals surface area contributed by atoms with Crippen LogP contribution in [-0.4, -0.2) is 42.5 Å². The Morgan fingerprint density at radius 3 is 2.86 bits per heavy atom. The summed E-state index contributed by atoms with van der Waals surface area (Å²) >= 11 is 0. The normalized spacial score (nSPS) is 13.7. The summed E-state index contributed by atoms with van der Waals surface area (Å²) in [5.41, 5.74) is 1.69. The van der Waals surface area contributed by atoms with Crippen molar-refractivity contribution in [2.75, 3.05) is 19.7 Å². The van der Waals surface area contributed by atoms with E-state index >= 15 is 0 Å². The lowest BCUT2D eigenvalue weighted by Crippen LogP contribution is -2.38. The molecule has 1 aliphatic heterocycles. The van der Waals surface area contributed by atoms with E-state index in [1.807, 2.05) is 32.0 Å². The Labute approximate surface area is 125 Å². The average Bonchev–Trinajstić information content (AvgIpc) is 2.75. The lowest BCUT2D eigenvalue weighted by Gasteiger charge is -2.15. The molecule has 1 aromatic rings. The number of amides is 2. The van der Waals surface area contributed by atoms with Crippen molar-refractivity contribution < 1.29 is 14.3 Å². The van der Waals surface area contributed by atoms with Crippen LogP contribution in [0.2, 0.25) is 0 Å². The van der Waals surface area contributed by atoms with Crippen molar-refractivity contribution in [1.82, 2.24) is 10.2 Å². The Hall–Kier alpha value is -1.88. The topological polar surface area (TPSA) is 58.6 Å². The lowest BCUT2D eigenvalue weighted by molar-refractivity contribution is -0.121. The highest BCUT2D eigenvalue weighted by atomic mass is 16.5. The molecule has 0 aliphatic carbocycles. The van der Waals surface area contributed by atoms with Crippen molar-refractivity contribution in [2.45, 2.75) is 32.9 Å². The first-order chi connectivity index (χ1) is 10.1. The van der Waals surface area contributed by atoms with E-state index in [0.29, 0.717) is 25.3 Å². The molecule has 1 heterocycles. The molecule has 114 valence electrons. The first-order valence-electron chi connectivity index (χ1n) is 7.33. The van der Waals surface area contributed by atoms with Gasteiger partial charge in [-0.3, -0.25) is 9.59 Å². The second kappa shape index (κ2) is 7.22. The monoisotopic (exact) mass is 290 g/mol. The number of fused-ring (bicyclic) bond motifs is 1. The van der Waals surface area contributed by atoms with Gasteiger partial charge in [-0.1, -0.05) is 18.2 Å². The molecule has 1 aliphatic rings. The van der Waals surface area contributed by atoms with E-state index < -0.39 is 0 Å². The van der Waals surface area contributed by atoms with Gasteiger partial charge in [0.2, 0.25) is 5.91 Å². The molecule has 0 spiro atoms. The molecule has 5 nitrogen and oxygen atoms in total. The Balaban J connectivity index is 1.71. The molecule has 0 saturated heterocycles. The number of ether oxygens (including phenoxy) is 1. The molecule has 0 atom stereocenters. The summed E-state index contributed by atoms with van der Waals surface area (Å²) in [6, 6.07) is 7.48. The molecule has 2 rings (SSSR count). The summed E-state index contributed by atoms with van der Waals surface area (Å²) in [5.74, 6) is -0.190. The molecule has 0 saturated carbocycles. The van der Waals surface area contributed by atoms with Gasteiger partial charge in [0.05, 0.1) is 6.10 Å². The van der Waals surface area contributed by atoms with Gasteiger partial charge < -0.3 is 15.0 Å². The van der Waals surface area contributed by atoms with Crippen molar-refractivity contribution in [3.8, 4) is 0 Å². The standard InChI is InChI=1S/C16H22N2O3/c1-12(2)21-9-5-8-17-15(19)11-18-10-13-6-3-4-7-14(13)16(18)20/h3-4,6-7,12H,5,8-11H2,1-2H3,(H,17,19). The second-order valence-corrected chi connectivity index (χ2v) is 5.44. The van der Waals surface area contributed by atoms with E-state index in [0.717, 1.165) is 12.0 Å². The van der Waals surface area contributed by atoms with Crippen LogP contribution in [0.15, 0.2) is 24.3 Å². The Kier molecular flexibility index (Phi) is 5.33. The van der Waals surface area contributed by atoms with Crippen LogP contribution in [0.1, 0.15) is 36.2 Å². The second-order valence-electron chi connectivity index (χ2n) is 5.44. The molecule has 2 amide bonds. The van der Waals surface area contributed by atoms with Crippen LogP contribution >= 0.6 is 0 Å². The molecule has 1 N–H and O–H groups in total. The molecule has 0 aromatic heterocycles. The highest BCUT2D eigenvalue weighted by molar-refractivity contribution is 6.00. The summed E-state index contributed by atoms with van der Waals surface area (Å²) in [6.07, 6.45) is 0.986. The molecular weight excluding hydrogens is 268 g/mol. The SMILES string of the molecule is CC(C)OCCCNC(=O)CN1Cc2ccccc2C1=O. The third kappa shape index (κ3) is 4.29. The number of nitrogens with one attached hydrogen (secondary N) is 1. The highest BCUT2D eigenvalue weighted by Crippen LogP contribution is 2.21. The van der Waals surface area contributed by atoms with E-state index in [9.17, 15) is 9.59 Å². The summed E-state index contributed by atoms with van der Waals surface area (Å²) in [6.45, 7) is 5.79. The van der Waals surface area contributed by atoms with Gasteiger partial charge in [0.1, 0.15) is 6.54 Å². The molecule has 0 unspecified atom stereocenters. The van der Waals surface area contributed by atoms with E-state index in [1.165, 1.54) is 0 Å². The van der Waals surface area contributed by atoms with Crippen LogP contribution in [-0.2, 0) is 16.1 Å². The lowest BCUT2D eigenvalue weighted by atomic mass is 10.1. The number of nitrogens with zero attached hydrogens (tertiary/aromatic N) is 1. The van der Waals surface area contributed by atoms with E-state index in [1.54, 1.807) is 11.0 Å². The van der Waals surface area contributed by atoms with Gasteiger partial charge in [-0.15, -0.1) is 0 Å². The van der Waals surface area contributed by atoms with Crippen LogP contribution in [0.5, 0.6) is 0 Å². The number of carbonyl (C=O) groups is 2. The zero-order chi connectivity index (χ0) is 15.2. The number of hydrogen-bond acceptors (Lipinski definition) is 3. The maximum Gasteiger partial charge on any atom is 0.254 e. The first kappa shape index (κ1) is 15.5. The van der Waals surface area contributed by atoms with Crippen molar-refractivity contribution in [3.63, 3.8) is 0 Å². The average molecular weight is 290 g/mol. The minimum atomic E-state index is -0.124. The Morgan fingerprint density at radius 2 is 2.14 bits per heavy atom. The van der Waals surface area contributed by atoms with Gasteiger partial charge in [-0.25, -0.2) is 0 Å². The number of carbonyl (C=O) groups excluding carboxylic acids is 2. The van der Waals surface area contributed by atoms with Crippen LogP contribution in [0.25, 0.3) is 0 Å². The predicted octanol–water partition coefficient (Wildman–Crippen LogP) is 1.57. The summed E-state index contributed by atoms with van der Waals surface area (Å²) < 4.78 is 5.40. The van der Waals surface area contributed by atoms with Gasteiger partial charge in [-0.05, 0) is 31.9 Å². The zero-order valence-corrected chi connectivity index (χ0v) is 12.6. The zero-order valence-electron chi connectivity index (χ0n) is 12.6. The molecule has 21 heavy (non-hydrogen) atoms. The van der Waals surface area contributed by atoms with Crippen LogP contribution in [0.3, 0.4) is 0 Å². The van der Waals surface area contributed by atoms with Gasteiger partial charge >= 0.3 is 0 Å². The molecule has 0 bridgehead atoms. The minimum absolute atomic E-state index is 0.0658. The van der Waals surface area contributed by atoms with Crippen LogP contribution in [0, 0.1) is 0 Å². The summed E-state index contributed by atoms with van der Waals surface area (Å²) in [5, 5.41) is 2.82. The first-order valence-corrected chi connectivity index (χ1v) is 7.33. The third-order valence-electron chi connectivity index (χ3n) is 3.33. The fraction of sp³-hybridized carbons (Fsp3) is 0.500. The van der Waals surface area contributed by atoms with Crippen LogP contribution < -0.4 is 5.32 Å². The van der Waals surface area contributed by atoms with Crippen molar-refractivity contribution in [3.05, 3.63) is 35.4 Å². The van der Waals surface area contributed by atoms with Crippen molar-refractivity contribution in [2.24, 2.45) is 0 Å². The Morgan fingerprint density at radius 1 is 1.38 bits per heavy atom. The van der Waals surface area contributed by atoms with E-state index in [-0.39, 0.29) is 24.5 Å².